The van der Waals surface area contributed by atoms with E-state index in [1.807, 2.05) is 0 Å². The Morgan fingerprint density at radius 1 is 1.27 bits per heavy atom. The van der Waals surface area contributed by atoms with E-state index in [0.29, 0.717) is 6.10 Å². The van der Waals surface area contributed by atoms with Gasteiger partial charge in [-0.2, -0.15) is 0 Å². The van der Waals surface area contributed by atoms with Gasteiger partial charge in [0.1, 0.15) is 8.30 Å². The van der Waals surface area contributed by atoms with E-state index in [-0.39, 0.29) is 8.30 Å². The Balaban J connectivity index is 3.68. The molecular weight excluding hydrogens is 157 g/mol. The third-order valence-electron chi connectivity index (χ3n) is 1.49. The van der Waals surface area contributed by atoms with E-state index >= 15 is 0 Å². The van der Waals surface area contributed by atoms with Crippen LogP contribution in [-0.2, 0) is 4.52 Å². The van der Waals surface area contributed by atoms with Crippen LogP contribution in [0.1, 0.15) is 27.7 Å². The lowest BCUT2D eigenvalue weighted by Crippen LogP contribution is -2.18. The molecule has 3 heteroatoms. The summed E-state index contributed by atoms with van der Waals surface area (Å²) in [6, 6.07) is 0. The average Bonchev–Trinajstić information content (AvgIpc) is 1.88. The fourth-order valence-electron chi connectivity index (χ4n) is 0.994. The maximum absolute atomic E-state index is 5.68. The monoisotopic (exact) mass is 177 g/mol. The van der Waals surface area contributed by atoms with Gasteiger partial charge in [0.15, 0.2) is 0 Å². The number of rotatable bonds is 5. The molecule has 0 aliphatic heterocycles. The van der Waals surface area contributed by atoms with Gasteiger partial charge < -0.3 is 4.52 Å². The van der Waals surface area contributed by atoms with Crippen molar-refractivity contribution in [2.24, 2.45) is 0 Å². The average molecular weight is 177 g/mol. The Labute approximate surface area is 71.8 Å². The maximum Gasteiger partial charge on any atom is 0.101 e. The molecule has 1 atom stereocenters. The summed E-state index contributed by atoms with van der Waals surface area (Å²) in [5.74, 6) is 0. The van der Waals surface area contributed by atoms with Crippen LogP contribution >= 0.6 is 8.30 Å². The predicted molar refractivity (Wildman–Crippen MR) is 52.0 cm³/mol. The quantitative estimate of drug-likeness (QED) is 0.599. The highest BCUT2D eigenvalue weighted by Crippen LogP contribution is 2.37. The largest absolute Gasteiger partial charge is 0.341 e. The van der Waals surface area contributed by atoms with Crippen LogP contribution in [-0.4, -0.2) is 30.5 Å². The maximum atomic E-state index is 5.68. The third kappa shape index (κ3) is 4.73. The van der Waals surface area contributed by atoms with Crippen molar-refractivity contribution >= 4 is 8.30 Å². The molecule has 68 valence electrons. The molecule has 0 amide bonds. The van der Waals surface area contributed by atoms with E-state index in [2.05, 4.69) is 39.0 Å². The lowest BCUT2D eigenvalue weighted by Gasteiger charge is -2.26. The Kier molecular flexibility index (Phi) is 6.12. The zero-order valence-corrected chi connectivity index (χ0v) is 9.19. The summed E-state index contributed by atoms with van der Waals surface area (Å²) in [6.45, 7) is 12.9. The highest BCUT2D eigenvalue weighted by Gasteiger charge is 2.11. The molecule has 0 aliphatic rings. The topological polar surface area (TPSA) is 12.5 Å². The van der Waals surface area contributed by atoms with Crippen LogP contribution in [0, 0.1) is 0 Å². The summed E-state index contributed by atoms with van der Waals surface area (Å²) in [4.78, 5) is 0. The lowest BCUT2D eigenvalue weighted by molar-refractivity contribution is 0.247. The van der Waals surface area contributed by atoms with Crippen LogP contribution in [0.25, 0.3) is 0 Å². The van der Waals surface area contributed by atoms with Gasteiger partial charge in [-0.25, -0.2) is 0 Å². The Hall–Kier alpha value is 0.350. The second-order valence-electron chi connectivity index (χ2n) is 2.76. The summed E-state index contributed by atoms with van der Waals surface area (Å²) in [5, 5.41) is 0. The van der Waals surface area contributed by atoms with Crippen LogP contribution in [0.2, 0.25) is 0 Å². The van der Waals surface area contributed by atoms with Gasteiger partial charge in [0.25, 0.3) is 0 Å². The molecule has 11 heavy (non-hydrogen) atoms. The van der Waals surface area contributed by atoms with Crippen molar-refractivity contribution < 1.29 is 4.52 Å². The van der Waals surface area contributed by atoms with Gasteiger partial charge in [0, 0.05) is 13.1 Å². The summed E-state index contributed by atoms with van der Waals surface area (Å²) in [5.41, 5.74) is 0. The molecule has 0 aromatic carbocycles. The summed E-state index contributed by atoms with van der Waals surface area (Å²) >= 11 is 0. The molecule has 0 bridgehead atoms. The van der Waals surface area contributed by atoms with Crippen molar-refractivity contribution in [2.45, 2.75) is 33.8 Å². The Bertz CT molecular complexity index is 94.1. The van der Waals surface area contributed by atoms with Crippen molar-refractivity contribution in [1.82, 2.24) is 4.67 Å². The highest BCUT2D eigenvalue weighted by molar-refractivity contribution is 7.49. The van der Waals surface area contributed by atoms with Crippen LogP contribution in [0.15, 0.2) is 0 Å². The molecule has 0 heterocycles. The first kappa shape index (κ1) is 11.4. The van der Waals surface area contributed by atoms with Crippen molar-refractivity contribution in [3.63, 3.8) is 0 Å². The first-order chi connectivity index (χ1) is 5.11. The van der Waals surface area contributed by atoms with Gasteiger partial charge >= 0.3 is 0 Å². The van der Waals surface area contributed by atoms with Crippen LogP contribution < -0.4 is 0 Å². The van der Waals surface area contributed by atoms with Crippen molar-refractivity contribution in [3.05, 3.63) is 0 Å². The number of hydrogen-bond acceptors (Lipinski definition) is 2. The molecule has 0 fully saturated rings. The lowest BCUT2D eigenvalue weighted by atomic mass is 10.5. The van der Waals surface area contributed by atoms with E-state index < -0.39 is 0 Å². The summed E-state index contributed by atoms with van der Waals surface area (Å²) in [7, 11) is -0.350. The third-order valence-corrected chi connectivity index (χ3v) is 3.58. The molecular formula is C8H20NOP. The van der Waals surface area contributed by atoms with Gasteiger partial charge in [0.05, 0.1) is 6.10 Å². The molecule has 1 unspecified atom stereocenters. The van der Waals surface area contributed by atoms with E-state index in [1.54, 1.807) is 0 Å². The molecule has 2 nitrogen and oxygen atoms in total. The summed E-state index contributed by atoms with van der Waals surface area (Å²) in [6.07, 6.45) is 0.353. The van der Waals surface area contributed by atoms with Crippen LogP contribution in [0.5, 0.6) is 0 Å². The van der Waals surface area contributed by atoms with Gasteiger partial charge in [-0.1, -0.05) is 13.8 Å². The first-order valence-electron chi connectivity index (χ1n) is 4.27. The molecule has 0 aromatic rings. The minimum absolute atomic E-state index is 0.350. The standard InChI is InChI=1S/C8H20NOP/c1-6-9(7-2)11(5)10-8(3)4/h8H,6-7H2,1-5H3. The fourth-order valence-corrected chi connectivity index (χ4v) is 2.53. The van der Waals surface area contributed by atoms with Crippen molar-refractivity contribution in [2.75, 3.05) is 19.8 Å². The zero-order valence-electron chi connectivity index (χ0n) is 8.29. The molecule has 0 saturated carbocycles. The number of hydrogen-bond donors (Lipinski definition) is 0. The minimum Gasteiger partial charge on any atom is -0.341 e. The second kappa shape index (κ2) is 5.93. The Morgan fingerprint density at radius 3 is 2.00 bits per heavy atom. The SMILES string of the molecule is CCN(CC)P(C)OC(C)C. The van der Waals surface area contributed by atoms with Crippen LogP contribution in [0.4, 0.5) is 0 Å². The van der Waals surface area contributed by atoms with Gasteiger partial charge in [-0.05, 0) is 20.5 Å². The smallest absolute Gasteiger partial charge is 0.101 e. The van der Waals surface area contributed by atoms with Gasteiger partial charge in [-0.15, -0.1) is 0 Å². The molecule has 0 aromatic heterocycles. The molecule has 0 saturated heterocycles. The molecule has 0 N–H and O–H groups in total. The predicted octanol–water partition coefficient (Wildman–Crippen LogP) is 2.69. The highest BCUT2D eigenvalue weighted by atomic mass is 31.2. The van der Waals surface area contributed by atoms with E-state index in [0.717, 1.165) is 13.1 Å². The normalized spacial score (nSPS) is 14.5. The zero-order chi connectivity index (χ0) is 8.85. The number of nitrogens with zero attached hydrogens (tertiary/aromatic N) is 1. The van der Waals surface area contributed by atoms with E-state index in [4.69, 9.17) is 4.52 Å². The summed E-state index contributed by atoms with van der Waals surface area (Å²) < 4.78 is 8.04. The molecule has 0 radical (unpaired) electrons. The van der Waals surface area contributed by atoms with Crippen LogP contribution in [0.3, 0.4) is 0 Å². The van der Waals surface area contributed by atoms with Gasteiger partial charge in [-0.3, -0.25) is 4.67 Å². The van der Waals surface area contributed by atoms with E-state index in [9.17, 15) is 0 Å². The van der Waals surface area contributed by atoms with Crippen molar-refractivity contribution in [1.29, 1.82) is 0 Å². The second-order valence-corrected chi connectivity index (χ2v) is 4.46. The Morgan fingerprint density at radius 2 is 1.73 bits per heavy atom. The molecule has 0 aliphatic carbocycles. The van der Waals surface area contributed by atoms with Gasteiger partial charge in [0.2, 0.25) is 0 Å². The fraction of sp³-hybridized carbons (Fsp3) is 1.00. The first-order valence-corrected chi connectivity index (χ1v) is 5.93. The van der Waals surface area contributed by atoms with Crippen molar-refractivity contribution in [3.8, 4) is 0 Å². The van der Waals surface area contributed by atoms with E-state index in [1.165, 1.54) is 0 Å². The minimum atomic E-state index is -0.350. The molecule has 0 spiro atoms. The molecule has 0 rings (SSSR count).